The Labute approximate surface area is 142 Å². The first-order chi connectivity index (χ1) is 11.5. The summed E-state index contributed by atoms with van der Waals surface area (Å²) in [6, 6.07) is 9.80. The van der Waals surface area contributed by atoms with Gasteiger partial charge in [-0.2, -0.15) is 0 Å². The van der Waals surface area contributed by atoms with Crippen LogP contribution in [0.2, 0.25) is 0 Å². The second-order valence-corrected chi connectivity index (χ2v) is 5.87. The van der Waals surface area contributed by atoms with Crippen molar-refractivity contribution in [3.05, 3.63) is 47.3 Å². The number of thiophene rings is 1. The number of para-hydroxylation sites is 1. The minimum absolute atomic E-state index is 0.307. The lowest BCUT2D eigenvalue weighted by molar-refractivity contribution is -0.136. The van der Waals surface area contributed by atoms with Crippen molar-refractivity contribution in [3.8, 4) is 0 Å². The Morgan fingerprint density at radius 3 is 2.46 bits per heavy atom. The molecule has 1 aromatic heterocycles. The zero-order valence-electron chi connectivity index (χ0n) is 13.0. The first kappa shape index (κ1) is 17.5. The number of urea groups is 1. The fourth-order valence-electron chi connectivity index (χ4n) is 1.97. The molecule has 0 atom stereocenters. The molecule has 0 saturated heterocycles. The molecule has 0 spiro atoms. The van der Waals surface area contributed by atoms with Crippen LogP contribution in [0.25, 0.3) is 0 Å². The topological polar surface area (TPSA) is 98.7 Å². The van der Waals surface area contributed by atoms with E-state index in [0.717, 1.165) is 10.5 Å². The minimum Gasteiger partial charge on any atom is -0.480 e. The van der Waals surface area contributed by atoms with Gasteiger partial charge in [0.25, 0.3) is 0 Å². The van der Waals surface area contributed by atoms with Crippen LogP contribution in [-0.4, -0.2) is 36.1 Å². The van der Waals surface area contributed by atoms with E-state index in [0.29, 0.717) is 10.7 Å². The van der Waals surface area contributed by atoms with Gasteiger partial charge in [0, 0.05) is 5.69 Å². The number of aliphatic carboxylic acids is 1. The van der Waals surface area contributed by atoms with Gasteiger partial charge in [0.1, 0.15) is 6.54 Å². The summed E-state index contributed by atoms with van der Waals surface area (Å²) in [5.41, 5.74) is 1.39. The molecule has 126 valence electrons. The second kappa shape index (κ2) is 8.11. The molecule has 0 aliphatic heterocycles. The largest absolute Gasteiger partial charge is 0.480 e. The predicted octanol–water partition coefficient (Wildman–Crippen LogP) is 2.30. The number of benzene rings is 1. The van der Waals surface area contributed by atoms with Crippen LogP contribution in [0.5, 0.6) is 0 Å². The third kappa shape index (κ3) is 4.82. The summed E-state index contributed by atoms with van der Waals surface area (Å²) >= 11 is 1.38. The van der Waals surface area contributed by atoms with Crippen LogP contribution in [0.3, 0.4) is 0 Å². The van der Waals surface area contributed by atoms with Gasteiger partial charge >= 0.3 is 12.0 Å². The maximum absolute atomic E-state index is 12.3. The maximum Gasteiger partial charge on any atom is 0.323 e. The highest BCUT2D eigenvalue weighted by atomic mass is 32.1. The molecule has 0 aliphatic carbocycles. The molecule has 2 aromatic rings. The minimum atomic E-state index is -1.13. The van der Waals surface area contributed by atoms with Gasteiger partial charge in [0.05, 0.1) is 11.5 Å². The molecule has 0 radical (unpaired) electrons. The second-order valence-electron chi connectivity index (χ2n) is 4.95. The summed E-state index contributed by atoms with van der Waals surface area (Å²) in [4.78, 5) is 36.2. The van der Waals surface area contributed by atoms with Crippen molar-refractivity contribution in [2.45, 2.75) is 6.92 Å². The lowest BCUT2D eigenvalue weighted by Crippen LogP contribution is -2.43. The molecule has 24 heavy (non-hydrogen) atoms. The summed E-state index contributed by atoms with van der Waals surface area (Å²) in [5, 5.41) is 16.6. The first-order valence-electron chi connectivity index (χ1n) is 7.13. The Morgan fingerprint density at radius 1 is 1.17 bits per heavy atom. The highest BCUT2D eigenvalue weighted by molar-refractivity contribution is 7.14. The highest BCUT2D eigenvalue weighted by Crippen LogP contribution is 2.21. The molecule has 3 N–H and O–H groups in total. The first-order valence-corrected chi connectivity index (χ1v) is 8.01. The third-order valence-electron chi connectivity index (χ3n) is 3.15. The monoisotopic (exact) mass is 347 g/mol. The van der Waals surface area contributed by atoms with Crippen molar-refractivity contribution in [3.63, 3.8) is 0 Å². The number of nitrogens with one attached hydrogen (secondary N) is 2. The Hall–Kier alpha value is -2.87. The fourth-order valence-corrected chi connectivity index (χ4v) is 2.78. The fraction of sp³-hybridized carbons (Fsp3) is 0.188. The standard InChI is InChI=1S/C16H17N3O4S/c1-11-7-8-24-15(11)18-16(23)17-9-13(20)19(10-14(21)22)12-5-3-2-4-6-12/h2-8H,9-10H2,1H3,(H,21,22)(H2,17,18,23). The van der Waals surface area contributed by atoms with Crippen molar-refractivity contribution in [2.75, 3.05) is 23.3 Å². The Bertz CT molecular complexity index is 730. The van der Waals surface area contributed by atoms with Gasteiger partial charge < -0.3 is 10.4 Å². The molecule has 0 saturated carbocycles. The van der Waals surface area contributed by atoms with E-state index in [9.17, 15) is 14.4 Å². The molecule has 3 amide bonds. The van der Waals surface area contributed by atoms with Gasteiger partial charge in [-0.3, -0.25) is 19.8 Å². The number of aryl methyl sites for hydroxylation is 1. The molecule has 0 fully saturated rings. The van der Waals surface area contributed by atoms with E-state index < -0.39 is 24.5 Å². The lowest BCUT2D eigenvalue weighted by Gasteiger charge is -2.21. The molecular weight excluding hydrogens is 330 g/mol. The molecule has 8 heteroatoms. The number of carboxylic acids is 1. The van der Waals surface area contributed by atoms with Crippen molar-refractivity contribution in [1.82, 2.24) is 5.32 Å². The molecule has 0 unspecified atom stereocenters. The van der Waals surface area contributed by atoms with Crippen LogP contribution in [0.15, 0.2) is 41.8 Å². The molecule has 2 rings (SSSR count). The van der Waals surface area contributed by atoms with Crippen LogP contribution < -0.4 is 15.5 Å². The average Bonchev–Trinajstić information content (AvgIpc) is 2.96. The number of carboxylic acid groups (broad SMARTS) is 1. The Morgan fingerprint density at radius 2 is 1.88 bits per heavy atom. The number of hydrogen-bond acceptors (Lipinski definition) is 4. The summed E-state index contributed by atoms with van der Waals surface area (Å²) < 4.78 is 0. The molecule has 1 aromatic carbocycles. The predicted molar refractivity (Wildman–Crippen MR) is 92.5 cm³/mol. The van der Waals surface area contributed by atoms with Gasteiger partial charge in [-0.05, 0) is 36.1 Å². The number of anilines is 2. The van der Waals surface area contributed by atoms with Crippen molar-refractivity contribution in [1.29, 1.82) is 0 Å². The average molecular weight is 347 g/mol. The van der Waals surface area contributed by atoms with E-state index >= 15 is 0 Å². The summed E-state index contributed by atoms with van der Waals surface area (Å²) in [5.74, 6) is -1.65. The van der Waals surface area contributed by atoms with Crippen LogP contribution in [0.1, 0.15) is 5.56 Å². The van der Waals surface area contributed by atoms with Gasteiger partial charge in [0.2, 0.25) is 5.91 Å². The SMILES string of the molecule is Cc1ccsc1NC(=O)NCC(=O)N(CC(=O)O)c1ccccc1. The maximum atomic E-state index is 12.3. The van der Waals surface area contributed by atoms with E-state index in [-0.39, 0.29) is 6.54 Å². The normalized spacial score (nSPS) is 10.0. The molecular formula is C16H17N3O4S. The Kier molecular flexibility index (Phi) is 5.91. The van der Waals surface area contributed by atoms with Crippen molar-refractivity contribution < 1.29 is 19.5 Å². The number of hydrogen-bond donors (Lipinski definition) is 3. The number of carbonyl (C=O) groups is 3. The van der Waals surface area contributed by atoms with Gasteiger partial charge in [-0.25, -0.2) is 4.79 Å². The van der Waals surface area contributed by atoms with Crippen LogP contribution in [0, 0.1) is 6.92 Å². The van der Waals surface area contributed by atoms with E-state index in [4.69, 9.17) is 5.11 Å². The quantitative estimate of drug-likeness (QED) is 0.746. The van der Waals surface area contributed by atoms with Crippen LogP contribution in [-0.2, 0) is 9.59 Å². The van der Waals surface area contributed by atoms with Crippen LogP contribution in [0.4, 0.5) is 15.5 Å². The van der Waals surface area contributed by atoms with E-state index in [2.05, 4.69) is 10.6 Å². The molecule has 1 heterocycles. The molecule has 0 aliphatic rings. The zero-order chi connectivity index (χ0) is 17.5. The van der Waals surface area contributed by atoms with E-state index in [1.807, 2.05) is 18.4 Å². The molecule has 0 bridgehead atoms. The van der Waals surface area contributed by atoms with Crippen molar-refractivity contribution >= 4 is 39.9 Å². The highest BCUT2D eigenvalue weighted by Gasteiger charge is 2.19. The Balaban J connectivity index is 1.96. The summed E-state index contributed by atoms with van der Waals surface area (Å²) in [6.45, 7) is 1.08. The number of nitrogens with zero attached hydrogens (tertiary/aromatic N) is 1. The van der Waals surface area contributed by atoms with E-state index in [1.165, 1.54) is 11.3 Å². The lowest BCUT2D eigenvalue weighted by atomic mass is 10.2. The summed E-state index contributed by atoms with van der Waals surface area (Å²) in [7, 11) is 0. The number of carbonyl (C=O) groups excluding carboxylic acids is 2. The van der Waals surface area contributed by atoms with Gasteiger partial charge in [0.15, 0.2) is 0 Å². The number of amides is 3. The van der Waals surface area contributed by atoms with Gasteiger partial charge in [-0.1, -0.05) is 18.2 Å². The van der Waals surface area contributed by atoms with Gasteiger partial charge in [-0.15, -0.1) is 11.3 Å². The van der Waals surface area contributed by atoms with Crippen molar-refractivity contribution in [2.24, 2.45) is 0 Å². The molecule has 7 nitrogen and oxygen atoms in total. The smallest absolute Gasteiger partial charge is 0.323 e. The third-order valence-corrected chi connectivity index (χ3v) is 4.08. The zero-order valence-corrected chi connectivity index (χ0v) is 13.8. The van der Waals surface area contributed by atoms with E-state index in [1.54, 1.807) is 30.3 Å². The number of rotatable bonds is 6. The van der Waals surface area contributed by atoms with Crippen LogP contribution >= 0.6 is 11.3 Å². The summed E-state index contributed by atoms with van der Waals surface area (Å²) in [6.07, 6.45) is 0.